The van der Waals surface area contributed by atoms with Crippen molar-refractivity contribution in [3.05, 3.63) is 59.7 Å². The second kappa shape index (κ2) is 11.5. The monoisotopic (exact) mass is 536 g/mol. The molecule has 2 atom stereocenters. The molecule has 200 valence electrons. The molecule has 0 bridgehead atoms. The zero-order valence-corrected chi connectivity index (χ0v) is 22.6. The third-order valence-corrected chi connectivity index (χ3v) is 8.11. The summed E-state index contributed by atoms with van der Waals surface area (Å²) >= 11 is 1.51. The number of aryl methyl sites for hydroxylation is 1. The Kier molecular flexibility index (Phi) is 7.90. The summed E-state index contributed by atoms with van der Waals surface area (Å²) in [4.78, 5) is 28.1. The van der Waals surface area contributed by atoms with Crippen LogP contribution in [0.25, 0.3) is 11.3 Å². The molecule has 3 heterocycles. The highest BCUT2D eigenvalue weighted by molar-refractivity contribution is 8.00. The molecule has 2 aromatic carbocycles. The number of nitrogens with zero attached hydrogens (tertiary/aromatic N) is 3. The fourth-order valence-corrected chi connectivity index (χ4v) is 6.20. The topological polar surface area (TPSA) is 94.9 Å². The predicted molar refractivity (Wildman–Crippen MR) is 147 cm³/mol. The van der Waals surface area contributed by atoms with Gasteiger partial charge in [-0.2, -0.15) is 5.10 Å². The van der Waals surface area contributed by atoms with Crippen molar-refractivity contribution < 1.29 is 23.8 Å². The number of fused-ring (bicyclic) bond motifs is 1. The molecule has 1 N–H and O–H groups in total. The maximum Gasteiger partial charge on any atom is 0.240 e. The van der Waals surface area contributed by atoms with E-state index >= 15 is 0 Å². The average Bonchev–Trinajstić information content (AvgIpc) is 3.55. The quantitative estimate of drug-likeness (QED) is 0.470. The van der Waals surface area contributed by atoms with Crippen LogP contribution in [0.15, 0.2) is 48.5 Å². The second-order valence-electron chi connectivity index (χ2n) is 9.30. The molecular formula is C28H32N4O5S. The lowest BCUT2D eigenvalue weighted by molar-refractivity contribution is -0.123. The van der Waals surface area contributed by atoms with Crippen LogP contribution in [0.3, 0.4) is 0 Å². The first-order valence-electron chi connectivity index (χ1n) is 12.6. The van der Waals surface area contributed by atoms with E-state index in [-0.39, 0.29) is 35.5 Å². The van der Waals surface area contributed by atoms with E-state index in [0.29, 0.717) is 23.9 Å². The van der Waals surface area contributed by atoms with Gasteiger partial charge in [-0.3, -0.25) is 19.2 Å². The molecule has 2 aliphatic rings. The minimum absolute atomic E-state index is 0.0284. The van der Waals surface area contributed by atoms with Crippen LogP contribution in [0.2, 0.25) is 0 Å². The molecular weight excluding hydrogens is 504 g/mol. The molecule has 0 radical (unpaired) electrons. The van der Waals surface area contributed by atoms with Crippen LogP contribution in [-0.4, -0.2) is 67.4 Å². The molecule has 5 rings (SSSR count). The number of rotatable bonds is 8. The van der Waals surface area contributed by atoms with Gasteiger partial charge in [0.25, 0.3) is 0 Å². The highest BCUT2D eigenvalue weighted by atomic mass is 32.2. The Balaban J connectivity index is 1.56. The first-order valence-corrected chi connectivity index (χ1v) is 13.7. The second-order valence-corrected chi connectivity index (χ2v) is 10.4. The average molecular weight is 537 g/mol. The van der Waals surface area contributed by atoms with Crippen molar-refractivity contribution in [2.45, 2.75) is 24.2 Å². The lowest BCUT2D eigenvalue weighted by Crippen LogP contribution is -2.44. The Hall–Kier alpha value is -3.50. The van der Waals surface area contributed by atoms with E-state index in [1.54, 1.807) is 23.8 Å². The Morgan fingerprint density at radius 2 is 1.95 bits per heavy atom. The SMILES string of the molecule is COc1ccc(C2SCC(=O)N(CC(=O)NCC3CCCO3)c3c2c(-c2ccccc2)nn3C)cc1OC. The molecule has 10 heteroatoms. The zero-order valence-electron chi connectivity index (χ0n) is 21.8. The fraction of sp³-hybridized carbons (Fsp3) is 0.393. The maximum atomic E-state index is 13.5. The lowest BCUT2D eigenvalue weighted by atomic mass is 9.99. The van der Waals surface area contributed by atoms with E-state index < -0.39 is 0 Å². The summed E-state index contributed by atoms with van der Waals surface area (Å²) < 4.78 is 18.4. The van der Waals surface area contributed by atoms with Gasteiger partial charge in [-0.1, -0.05) is 36.4 Å². The number of aromatic nitrogens is 2. The summed E-state index contributed by atoms with van der Waals surface area (Å²) in [6, 6.07) is 15.7. The standard InChI is InChI=1S/C28H32N4O5S/c1-31-28-25(26(30-31)18-8-5-4-6-9-18)27(19-11-12-21(35-2)22(14-19)36-3)38-17-24(34)32(28)16-23(33)29-15-20-10-7-13-37-20/h4-6,8-9,11-12,14,20,27H,7,10,13,15-17H2,1-3H3,(H,29,33). The van der Waals surface area contributed by atoms with Crippen LogP contribution in [0.1, 0.15) is 29.2 Å². The van der Waals surface area contributed by atoms with E-state index in [1.807, 2.05) is 55.6 Å². The van der Waals surface area contributed by atoms with E-state index in [9.17, 15) is 9.59 Å². The van der Waals surface area contributed by atoms with Crippen molar-refractivity contribution in [2.24, 2.45) is 7.05 Å². The van der Waals surface area contributed by atoms with Gasteiger partial charge in [0.15, 0.2) is 11.5 Å². The summed E-state index contributed by atoms with van der Waals surface area (Å²) in [6.07, 6.45) is 1.96. The summed E-state index contributed by atoms with van der Waals surface area (Å²) in [7, 11) is 5.02. The van der Waals surface area contributed by atoms with Crippen LogP contribution in [0, 0.1) is 0 Å². The smallest absolute Gasteiger partial charge is 0.240 e. The molecule has 1 fully saturated rings. The Labute approximate surface area is 226 Å². The van der Waals surface area contributed by atoms with Crippen LogP contribution >= 0.6 is 11.8 Å². The van der Waals surface area contributed by atoms with Gasteiger partial charge in [-0.05, 0) is 30.5 Å². The Morgan fingerprint density at radius 3 is 2.66 bits per heavy atom. The molecule has 1 saturated heterocycles. The summed E-state index contributed by atoms with van der Waals surface area (Å²) in [5.41, 5.74) is 3.55. The summed E-state index contributed by atoms with van der Waals surface area (Å²) in [5.74, 6) is 1.70. The minimum atomic E-state index is -0.225. The molecule has 2 unspecified atom stereocenters. The van der Waals surface area contributed by atoms with Crippen LogP contribution in [0.4, 0.5) is 5.82 Å². The lowest BCUT2D eigenvalue weighted by Gasteiger charge is -2.22. The van der Waals surface area contributed by atoms with Crippen molar-refractivity contribution in [1.29, 1.82) is 0 Å². The molecule has 0 spiro atoms. The number of carbonyl (C=O) groups excluding carboxylic acids is 2. The van der Waals surface area contributed by atoms with Crippen LogP contribution in [-0.2, 0) is 21.4 Å². The molecule has 2 aliphatic heterocycles. The normalized spacial score (nSPS) is 19.1. The van der Waals surface area contributed by atoms with Gasteiger partial charge in [0.05, 0.1) is 37.0 Å². The molecule has 0 saturated carbocycles. The van der Waals surface area contributed by atoms with Gasteiger partial charge in [0, 0.05) is 31.3 Å². The Bertz CT molecular complexity index is 1310. The molecule has 3 aromatic rings. The largest absolute Gasteiger partial charge is 0.493 e. The van der Waals surface area contributed by atoms with Crippen molar-refractivity contribution >= 4 is 29.4 Å². The minimum Gasteiger partial charge on any atom is -0.493 e. The van der Waals surface area contributed by atoms with E-state index in [0.717, 1.165) is 41.8 Å². The molecule has 9 nitrogen and oxygen atoms in total. The molecule has 0 aliphatic carbocycles. The highest BCUT2D eigenvalue weighted by Gasteiger charge is 2.37. The van der Waals surface area contributed by atoms with Crippen molar-refractivity contribution in [1.82, 2.24) is 15.1 Å². The van der Waals surface area contributed by atoms with Crippen LogP contribution in [0.5, 0.6) is 11.5 Å². The number of ether oxygens (including phenoxy) is 3. The molecule has 1 aromatic heterocycles. The first kappa shape index (κ1) is 26.1. The maximum absolute atomic E-state index is 13.5. The number of carbonyl (C=O) groups is 2. The number of benzene rings is 2. The molecule has 2 amide bonds. The van der Waals surface area contributed by atoms with Gasteiger partial charge < -0.3 is 19.5 Å². The van der Waals surface area contributed by atoms with E-state index in [2.05, 4.69) is 5.32 Å². The highest BCUT2D eigenvalue weighted by Crippen LogP contribution is 2.48. The van der Waals surface area contributed by atoms with E-state index in [1.165, 1.54) is 11.8 Å². The number of hydrogen-bond acceptors (Lipinski definition) is 7. The van der Waals surface area contributed by atoms with Gasteiger partial charge in [0.2, 0.25) is 11.8 Å². The third-order valence-electron chi connectivity index (χ3n) is 6.86. The van der Waals surface area contributed by atoms with Gasteiger partial charge in [-0.25, -0.2) is 0 Å². The Morgan fingerprint density at radius 1 is 1.16 bits per heavy atom. The van der Waals surface area contributed by atoms with E-state index in [4.69, 9.17) is 19.3 Å². The van der Waals surface area contributed by atoms with Crippen molar-refractivity contribution in [3.8, 4) is 22.8 Å². The van der Waals surface area contributed by atoms with Crippen molar-refractivity contribution in [3.63, 3.8) is 0 Å². The number of thioether (sulfide) groups is 1. The van der Waals surface area contributed by atoms with Crippen LogP contribution < -0.4 is 19.7 Å². The zero-order chi connectivity index (χ0) is 26.6. The number of hydrogen-bond donors (Lipinski definition) is 1. The number of anilines is 1. The predicted octanol–water partition coefficient (Wildman–Crippen LogP) is 3.57. The first-order chi connectivity index (χ1) is 18.5. The van der Waals surface area contributed by atoms with Gasteiger partial charge >= 0.3 is 0 Å². The number of nitrogens with one attached hydrogen (secondary N) is 1. The summed E-state index contributed by atoms with van der Waals surface area (Å²) in [5, 5.41) is 7.58. The number of methoxy groups -OCH3 is 2. The van der Waals surface area contributed by atoms with Gasteiger partial charge in [0.1, 0.15) is 12.4 Å². The summed E-state index contributed by atoms with van der Waals surface area (Å²) in [6.45, 7) is 1.07. The number of amides is 2. The van der Waals surface area contributed by atoms with Crippen molar-refractivity contribution in [2.75, 3.05) is 44.6 Å². The third kappa shape index (κ3) is 5.23. The fourth-order valence-electron chi connectivity index (χ4n) is 5.01. The van der Waals surface area contributed by atoms with Gasteiger partial charge in [-0.15, -0.1) is 11.8 Å². The molecule has 38 heavy (non-hydrogen) atoms.